The summed E-state index contributed by atoms with van der Waals surface area (Å²) in [5.74, 6) is 1.10. The standard InChI is InChI=1S/C10H11BrN4S/c1-6(7-3-4-12-8(11)5-7)9-13-14-10(16)15(9)2/h3-6H,1-2H3,(H,14,16). The minimum absolute atomic E-state index is 0.178. The van der Waals surface area contributed by atoms with Gasteiger partial charge in [0.2, 0.25) is 0 Å². The van der Waals surface area contributed by atoms with E-state index in [1.54, 1.807) is 6.20 Å². The van der Waals surface area contributed by atoms with Crippen LogP contribution in [0.15, 0.2) is 22.9 Å². The number of nitrogens with one attached hydrogen (secondary N) is 1. The van der Waals surface area contributed by atoms with Crippen molar-refractivity contribution in [3.63, 3.8) is 0 Å². The first-order chi connectivity index (χ1) is 7.59. The normalized spacial score (nSPS) is 12.7. The Balaban J connectivity index is 2.43. The maximum atomic E-state index is 5.09. The maximum absolute atomic E-state index is 5.09. The third-order valence-corrected chi connectivity index (χ3v) is 3.35. The minimum Gasteiger partial charge on any atom is -0.307 e. The number of aromatic nitrogens is 4. The van der Waals surface area contributed by atoms with Crippen molar-refractivity contribution in [3.05, 3.63) is 39.1 Å². The Morgan fingerprint density at radius 3 is 2.88 bits per heavy atom. The van der Waals surface area contributed by atoms with Crippen LogP contribution < -0.4 is 0 Å². The zero-order chi connectivity index (χ0) is 11.7. The lowest BCUT2D eigenvalue weighted by Gasteiger charge is -2.10. The highest BCUT2D eigenvalue weighted by atomic mass is 79.9. The van der Waals surface area contributed by atoms with Crippen LogP contribution in [0.5, 0.6) is 0 Å². The molecule has 2 rings (SSSR count). The molecule has 2 heterocycles. The number of nitrogens with zero attached hydrogens (tertiary/aromatic N) is 3. The molecule has 4 nitrogen and oxygen atoms in total. The molecule has 0 bridgehead atoms. The highest BCUT2D eigenvalue weighted by molar-refractivity contribution is 9.10. The molecule has 0 amide bonds. The van der Waals surface area contributed by atoms with Gasteiger partial charge in [-0.1, -0.05) is 6.92 Å². The van der Waals surface area contributed by atoms with Gasteiger partial charge in [-0.15, -0.1) is 0 Å². The average Bonchev–Trinajstić information content (AvgIpc) is 2.59. The van der Waals surface area contributed by atoms with Gasteiger partial charge in [-0.3, -0.25) is 5.10 Å². The number of pyridine rings is 1. The lowest BCUT2D eigenvalue weighted by Crippen LogP contribution is -2.05. The van der Waals surface area contributed by atoms with Gasteiger partial charge < -0.3 is 4.57 Å². The smallest absolute Gasteiger partial charge is 0.194 e. The first-order valence-corrected chi connectivity index (χ1v) is 6.02. The van der Waals surface area contributed by atoms with Crippen LogP contribution in [-0.4, -0.2) is 19.7 Å². The zero-order valence-electron chi connectivity index (χ0n) is 8.94. The molecule has 6 heteroatoms. The van der Waals surface area contributed by atoms with Crippen molar-refractivity contribution in [2.24, 2.45) is 7.05 Å². The molecule has 0 spiro atoms. The number of rotatable bonds is 2. The highest BCUT2D eigenvalue weighted by Gasteiger charge is 2.14. The van der Waals surface area contributed by atoms with E-state index >= 15 is 0 Å². The lowest BCUT2D eigenvalue weighted by atomic mass is 10.0. The third-order valence-electron chi connectivity index (χ3n) is 2.55. The fourth-order valence-corrected chi connectivity index (χ4v) is 2.10. The van der Waals surface area contributed by atoms with Gasteiger partial charge in [-0.25, -0.2) is 4.98 Å². The van der Waals surface area contributed by atoms with Crippen molar-refractivity contribution in [3.8, 4) is 0 Å². The number of hydrogen-bond donors (Lipinski definition) is 1. The molecule has 2 aromatic rings. The molecule has 0 aliphatic rings. The van der Waals surface area contributed by atoms with Gasteiger partial charge in [0.25, 0.3) is 0 Å². The van der Waals surface area contributed by atoms with Gasteiger partial charge >= 0.3 is 0 Å². The van der Waals surface area contributed by atoms with Crippen molar-refractivity contribution in [2.75, 3.05) is 0 Å². The fourth-order valence-electron chi connectivity index (χ4n) is 1.58. The van der Waals surface area contributed by atoms with Crippen LogP contribution in [0.2, 0.25) is 0 Å². The summed E-state index contributed by atoms with van der Waals surface area (Å²) >= 11 is 8.45. The minimum atomic E-state index is 0.178. The van der Waals surface area contributed by atoms with E-state index in [2.05, 4.69) is 38.0 Å². The van der Waals surface area contributed by atoms with Gasteiger partial charge in [0, 0.05) is 19.2 Å². The van der Waals surface area contributed by atoms with Gasteiger partial charge in [0.05, 0.1) is 0 Å². The van der Waals surface area contributed by atoms with Crippen molar-refractivity contribution >= 4 is 28.1 Å². The van der Waals surface area contributed by atoms with Crippen LogP contribution >= 0.6 is 28.1 Å². The van der Waals surface area contributed by atoms with Crippen molar-refractivity contribution in [1.29, 1.82) is 0 Å². The van der Waals surface area contributed by atoms with Crippen LogP contribution in [-0.2, 0) is 7.05 Å². The Morgan fingerprint density at radius 1 is 1.56 bits per heavy atom. The fraction of sp³-hybridized carbons (Fsp3) is 0.300. The Labute approximate surface area is 107 Å². The molecule has 16 heavy (non-hydrogen) atoms. The molecule has 0 fully saturated rings. The van der Waals surface area contributed by atoms with E-state index in [0.29, 0.717) is 4.77 Å². The Kier molecular flexibility index (Phi) is 3.20. The lowest BCUT2D eigenvalue weighted by molar-refractivity contribution is 0.732. The number of H-pyrrole nitrogens is 1. The van der Waals surface area contributed by atoms with Crippen LogP contribution in [0.25, 0.3) is 0 Å². The first-order valence-electron chi connectivity index (χ1n) is 4.82. The van der Waals surface area contributed by atoms with E-state index < -0.39 is 0 Å². The Hall–Kier alpha value is -1.01. The topological polar surface area (TPSA) is 46.5 Å². The molecule has 0 radical (unpaired) electrons. The summed E-state index contributed by atoms with van der Waals surface area (Å²) in [7, 11) is 1.91. The van der Waals surface area contributed by atoms with Crippen molar-refractivity contribution in [1.82, 2.24) is 19.7 Å². The maximum Gasteiger partial charge on any atom is 0.194 e. The highest BCUT2D eigenvalue weighted by Crippen LogP contribution is 2.23. The summed E-state index contributed by atoms with van der Waals surface area (Å²) in [6.45, 7) is 2.09. The molecule has 1 unspecified atom stereocenters. The molecule has 0 aliphatic heterocycles. The van der Waals surface area contributed by atoms with Gasteiger partial charge in [-0.2, -0.15) is 5.10 Å². The molecule has 1 atom stereocenters. The van der Waals surface area contributed by atoms with E-state index in [0.717, 1.165) is 16.0 Å². The predicted octanol–water partition coefficient (Wildman–Crippen LogP) is 2.79. The Bertz CT molecular complexity index is 560. The van der Waals surface area contributed by atoms with Gasteiger partial charge in [-0.05, 0) is 45.8 Å². The largest absolute Gasteiger partial charge is 0.307 e. The molecular weight excluding hydrogens is 288 g/mol. The molecule has 84 valence electrons. The second-order valence-electron chi connectivity index (χ2n) is 3.58. The SMILES string of the molecule is CC(c1ccnc(Br)c1)c1n[nH]c(=S)n1C. The van der Waals surface area contributed by atoms with Gasteiger partial charge in [0.1, 0.15) is 10.4 Å². The van der Waals surface area contributed by atoms with Crippen molar-refractivity contribution in [2.45, 2.75) is 12.8 Å². The summed E-state index contributed by atoms with van der Waals surface area (Å²) in [5.41, 5.74) is 1.15. The molecule has 0 aromatic carbocycles. The number of hydrogen-bond acceptors (Lipinski definition) is 3. The molecule has 0 aliphatic carbocycles. The number of aromatic amines is 1. The van der Waals surface area contributed by atoms with Crippen LogP contribution in [0.3, 0.4) is 0 Å². The first kappa shape index (κ1) is 11.5. The number of halogens is 1. The van der Waals surface area contributed by atoms with E-state index in [-0.39, 0.29) is 5.92 Å². The predicted molar refractivity (Wildman–Crippen MR) is 67.8 cm³/mol. The summed E-state index contributed by atoms with van der Waals surface area (Å²) in [5, 5.41) is 7.02. The quantitative estimate of drug-likeness (QED) is 0.685. The van der Waals surface area contributed by atoms with Crippen LogP contribution in [0, 0.1) is 4.77 Å². The average molecular weight is 299 g/mol. The molecule has 0 saturated carbocycles. The van der Waals surface area contributed by atoms with Gasteiger partial charge in [0.15, 0.2) is 4.77 Å². The second kappa shape index (κ2) is 4.47. The van der Waals surface area contributed by atoms with Crippen LogP contribution in [0.4, 0.5) is 0 Å². The summed E-state index contributed by atoms with van der Waals surface area (Å²) < 4.78 is 3.34. The van der Waals surface area contributed by atoms with E-state index in [1.807, 2.05) is 23.7 Å². The van der Waals surface area contributed by atoms with E-state index in [1.165, 1.54) is 0 Å². The molecule has 2 aromatic heterocycles. The van der Waals surface area contributed by atoms with E-state index in [9.17, 15) is 0 Å². The summed E-state index contributed by atoms with van der Waals surface area (Å²) in [4.78, 5) is 4.10. The zero-order valence-corrected chi connectivity index (χ0v) is 11.3. The molecule has 1 N–H and O–H groups in total. The summed E-state index contributed by atoms with van der Waals surface area (Å²) in [6, 6.07) is 3.97. The third kappa shape index (κ3) is 2.08. The van der Waals surface area contributed by atoms with Crippen LogP contribution in [0.1, 0.15) is 24.2 Å². The summed E-state index contributed by atoms with van der Waals surface area (Å²) in [6.07, 6.45) is 1.77. The van der Waals surface area contributed by atoms with E-state index in [4.69, 9.17) is 12.2 Å². The Morgan fingerprint density at radius 2 is 2.31 bits per heavy atom. The monoisotopic (exact) mass is 298 g/mol. The second-order valence-corrected chi connectivity index (χ2v) is 4.78. The molecule has 0 saturated heterocycles. The van der Waals surface area contributed by atoms with Crippen molar-refractivity contribution < 1.29 is 0 Å². The molecular formula is C10H11BrN4S.